The van der Waals surface area contributed by atoms with Gasteiger partial charge in [-0.05, 0) is 35.7 Å². The fourth-order valence-electron chi connectivity index (χ4n) is 7.57. The van der Waals surface area contributed by atoms with Gasteiger partial charge in [0.15, 0.2) is 0 Å². The van der Waals surface area contributed by atoms with E-state index in [9.17, 15) is 13.9 Å². The van der Waals surface area contributed by atoms with Crippen molar-refractivity contribution in [2.75, 3.05) is 0 Å². The molecule has 2 bridgehead atoms. The maximum absolute atomic E-state index is 14.6. The largest absolute Gasteiger partial charge is 0.385 e. The van der Waals surface area contributed by atoms with Crippen molar-refractivity contribution in [3.63, 3.8) is 0 Å². The number of hydrogen-bond donors (Lipinski definition) is 1. The minimum atomic E-state index is -2.52. The quantitative estimate of drug-likeness (QED) is 0.835. The Morgan fingerprint density at radius 2 is 1.55 bits per heavy atom. The van der Waals surface area contributed by atoms with Crippen LogP contribution in [0.15, 0.2) is 30.3 Å². The number of benzene rings is 1. The molecule has 1 nitrogen and oxygen atoms in total. The van der Waals surface area contributed by atoms with Crippen molar-refractivity contribution >= 4 is 0 Å². The lowest BCUT2D eigenvalue weighted by Crippen LogP contribution is -2.59. The maximum Gasteiger partial charge on any atom is 0.255 e. The molecule has 0 heterocycles. The van der Waals surface area contributed by atoms with Gasteiger partial charge in [-0.15, -0.1) is 0 Å². The molecule has 0 radical (unpaired) electrons. The fourth-order valence-corrected chi connectivity index (χ4v) is 7.57. The summed E-state index contributed by atoms with van der Waals surface area (Å²) < 4.78 is 29.3. The van der Waals surface area contributed by atoms with Gasteiger partial charge >= 0.3 is 0 Å². The van der Waals surface area contributed by atoms with Gasteiger partial charge < -0.3 is 5.11 Å². The van der Waals surface area contributed by atoms with Gasteiger partial charge in [0.05, 0.1) is 5.60 Å². The van der Waals surface area contributed by atoms with Gasteiger partial charge in [0.25, 0.3) is 5.92 Å². The average molecular weight is 274 g/mol. The molecule has 6 rings (SSSR count). The van der Waals surface area contributed by atoms with Crippen molar-refractivity contribution in [3.8, 4) is 0 Å². The number of halogens is 2. The van der Waals surface area contributed by atoms with Gasteiger partial charge in [-0.25, -0.2) is 8.78 Å². The third kappa shape index (κ3) is 0.739. The molecule has 0 saturated heterocycles. The first-order valence-corrected chi connectivity index (χ1v) is 7.73. The number of aliphatic hydroxyl groups is 1. The number of rotatable bonds is 1. The van der Waals surface area contributed by atoms with Gasteiger partial charge in [0.1, 0.15) is 0 Å². The second kappa shape index (κ2) is 2.70. The van der Waals surface area contributed by atoms with Crippen LogP contribution in [0.2, 0.25) is 0 Å². The second-order valence-corrected chi connectivity index (χ2v) is 7.69. The standard InChI is InChI=1S/C17H16F2O/c18-17(19)13-9-6-8-10-11(9)15(17)14(10)16(20,12(8)13)7-4-2-1-3-5-7/h1-5,8-15,20H,6H2/t8-,9+,10+,11+,12-,13+,14+,15-,16-/m0/s1. The highest BCUT2D eigenvalue weighted by atomic mass is 19.3. The molecule has 3 heteroatoms. The van der Waals surface area contributed by atoms with Gasteiger partial charge in [0, 0.05) is 23.7 Å². The normalized spacial score (nSPS) is 62.1. The SMILES string of the molecule is O[C@]1(c2ccccc2)[C@@H]2[C@@H]3[C@@H]4C[C@@H]5[C@H]3[C@@H]2C(F)(F)[C@H]5[C@H]41. The molecule has 20 heavy (non-hydrogen) atoms. The van der Waals surface area contributed by atoms with E-state index >= 15 is 0 Å². The van der Waals surface area contributed by atoms with Crippen LogP contribution >= 0.6 is 0 Å². The molecule has 5 saturated carbocycles. The Balaban J connectivity index is 1.62. The smallest absolute Gasteiger partial charge is 0.255 e. The van der Waals surface area contributed by atoms with Crippen LogP contribution in [0, 0.1) is 47.3 Å². The summed E-state index contributed by atoms with van der Waals surface area (Å²) in [6.07, 6.45) is 0.947. The van der Waals surface area contributed by atoms with Crippen LogP contribution in [0.3, 0.4) is 0 Å². The van der Waals surface area contributed by atoms with E-state index in [2.05, 4.69) is 0 Å². The van der Waals surface area contributed by atoms with Crippen molar-refractivity contribution < 1.29 is 13.9 Å². The lowest BCUT2D eigenvalue weighted by Gasteiger charge is -2.54. The summed E-state index contributed by atoms with van der Waals surface area (Å²) >= 11 is 0. The van der Waals surface area contributed by atoms with Crippen molar-refractivity contribution in [2.45, 2.75) is 17.9 Å². The van der Waals surface area contributed by atoms with Gasteiger partial charge in [0.2, 0.25) is 0 Å². The minimum Gasteiger partial charge on any atom is -0.385 e. The van der Waals surface area contributed by atoms with Crippen LogP contribution in [0.25, 0.3) is 0 Å². The Kier molecular flexibility index (Phi) is 1.45. The zero-order chi connectivity index (χ0) is 13.4. The number of alkyl halides is 2. The van der Waals surface area contributed by atoms with Crippen LogP contribution in [-0.4, -0.2) is 11.0 Å². The monoisotopic (exact) mass is 274 g/mol. The van der Waals surface area contributed by atoms with E-state index in [0.717, 1.165) is 12.0 Å². The predicted octanol–water partition coefficient (Wildman–Crippen LogP) is 2.90. The highest BCUT2D eigenvalue weighted by Crippen LogP contribution is 2.89. The molecule has 104 valence electrons. The molecule has 0 aromatic heterocycles. The Morgan fingerprint density at radius 3 is 2.30 bits per heavy atom. The van der Waals surface area contributed by atoms with E-state index in [-0.39, 0.29) is 23.7 Å². The van der Waals surface area contributed by atoms with E-state index < -0.39 is 23.4 Å². The Labute approximate surface area is 116 Å². The maximum atomic E-state index is 14.6. The topological polar surface area (TPSA) is 20.2 Å². The van der Waals surface area contributed by atoms with Crippen molar-refractivity contribution in [1.82, 2.24) is 0 Å². The minimum absolute atomic E-state index is 0.191. The highest BCUT2D eigenvalue weighted by Gasteiger charge is 2.92. The lowest BCUT2D eigenvalue weighted by molar-refractivity contribution is -0.238. The molecule has 0 amide bonds. The summed E-state index contributed by atoms with van der Waals surface area (Å²) in [6.45, 7) is 0. The van der Waals surface area contributed by atoms with Crippen LogP contribution < -0.4 is 0 Å². The molecular weight excluding hydrogens is 258 g/mol. The Bertz CT molecular complexity index is 629. The lowest BCUT2D eigenvalue weighted by atomic mass is 9.54. The molecule has 0 spiro atoms. The molecule has 5 aliphatic carbocycles. The summed E-state index contributed by atoms with van der Waals surface area (Å²) in [5.74, 6) is -2.85. The predicted molar refractivity (Wildman–Crippen MR) is 67.8 cm³/mol. The molecule has 0 unspecified atom stereocenters. The molecule has 0 aliphatic heterocycles. The van der Waals surface area contributed by atoms with Crippen molar-refractivity contribution in [3.05, 3.63) is 35.9 Å². The van der Waals surface area contributed by atoms with E-state index in [1.54, 1.807) is 0 Å². The zero-order valence-corrected chi connectivity index (χ0v) is 10.9. The molecule has 1 aromatic carbocycles. The van der Waals surface area contributed by atoms with Crippen molar-refractivity contribution in [1.29, 1.82) is 0 Å². The first-order valence-electron chi connectivity index (χ1n) is 7.73. The van der Waals surface area contributed by atoms with E-state index in [4.69, 9.17) is 0 Å². The van der Waals surface area contributed by atoms with Crippen molar-refractivity contribution in [2.24, 2.45) is 47.3 Å². The molecule has 5 aliphatic rings. The van der Waals surface area contributed by atoms with Crippen LogP contribution in [0.4, 0.5) is 8.78 Å². The van der Waals surface area contributed by atoms with E-state index in [1.807, 2.05) is 30.3 Å². The summed E-state index contributed by atoms with van der Waals surface area (Å²) in [4.78, 5) is 0. The number of fused-ring (bicyclic) bond motifs is 2. The van der Waals surface area contributed by atoms with Crippen LogP contribution in [-0.2, 0) is 5.60 Å². The second-order valence-electron chi connectivity index (χ2n) is 7.69. The fraction of sp³-hybridized carbons (Fsp3) is 0.647. The molecule has 1 aromatic rings. The first kappa shape index (κ1) is 10.7. The Hall–Kier alpha value is -0.960. The summed E-state index contributed by atoms with van der Waals surface area (Å²) in [5.41, 5.74) is -0.0935. The molecule has 9 atom stereocenters. The Morgan fingerprint density at radius 1 is 0.900 bits per heavy atom. The first-order chi connectivity index (χ1) is 9.58. The number of hydrogen-bond acceptors (Lipinski definition) is 1. The van der Waals surface area contributed by atoms with Gasteiger partial charge in [-0.3, -0.25) is 0 Å². The van der Waals surface area contributed by atoms with Crippen LogP contribution in [0.5, 0.6) is 0 Å². The van der Waals surface area contributed by atoms with Gasteiger partial charge in [-0.1, -0.05) is 30.3 Å². The summed E-state index contributed by atoms with van der Waals surface area (Å²) in [7, 11) is 0. The van der Waals surface area contributed by atoms with E-state index in [0.29, 0.717) is 11.8 Å². The molecular formula is C17H16F2O. The van der Waals surface area contributed by atoms with Gasteiger partial charge in [-0.2, -0.15) is 0 Å². The third-order valence-corrected chi connectivity index (χ3v) is 7.64. The third-order valence-electron chi connectivity index (χ3n) is 7.64. The molecule has 1 N–H and O–H groups in total. The summed E-state index contributed by atoms with van der Waals surface area (Å²) in [6, 6.07) is 9.62. The summed E-state index contributed by atoms with van der Waals surface area (Å²) in [5, 5.41) is 11.4. The zero-order valence-electron chi connectivity index (χ0n) is 10.9. The average Bonchev–Trinajstić information content (AvgIpc) is 2.91. The highest BCUT2D eigenvalue weighted by molar-refractivity contribution is 5.41. The molecule has 5 fully saturated rings. The van der Waals surface area contributed by atoms with Crippen LogP contribution in [0.1, 0.15) is 12.0 Å². The van der Waals surface area contributed by atoms with E-state index in [1.165, 1.54) is 0 Å².